The molecule has 4 aliphatic rings. The minimum Gasteiger partial charge on any atom is -0.462 e. The largest absolute Gasteiger partial charge is 0.462 e. The normalized spacial score (nSPS) is 36.7. The van der Waals surface area contributed by atoms with Crippen LogP contribution < -0.4 is 0 Å². The Hall–Kier alpha value is -1.57. The molecule has 0 aliphatic heterocycles. The topological polar surface area (TPSA) is 26.3 Å². The summed E-state index contributed by atoms with van der Waals surface area (Å²) in [5.74, 6) is 5.99. The summed E-state index contributed by atoms with van der Waals surface area (Å²) < 4.78 is 6.04. The van der Waals surface area contributed by atoms with Gasteiger partial charge in [0.2, 0.25) is 0 Å². The lowest BCUT2D eigenvalue weighted by molar-refractivity contribution is -0.150. The van der Waals surface area contributed by atoms with Crippen LogP contribution in [0, 0.1) is 52.3 Å². The average Bonchev–Trinajstić information content (AvgIpc) is 3.28. The van der Waals surface area contributed by atoms with E-state index in [2.05, 4.69) is 47.6 Å². The fourth-order valence-corrected chi connectivity index (χ4v) is 10.6. The first-order valence-electron chi connectivity index (χ1n) is 17.1. The predicted octanol–water partition coefficient (Wildman–Crippen LogP) is 10.2. The summed E-state index contributed by atoms with van der Waals surface area (Å²) in [6, 6.07) is 10.0. The van der Waals surface area contributed by atoms with E-state index in [4.69, 9.17) is 4.74 Å². The number of esters is 1. The molecule has 40 heavy (non-hydrogen) atoms. The molecule has 0 unspecified atom stereocenters. The lowest BCUT2D eigenvalue weighted by Crippen LogP contribution is -2.51. The molecule has 222 valence electrons. The van der Waals surface area contributed by atoms with E-state index < -0.39 is 0 Å². The number of carbonyl (C=O) groups excluding carboxylic acids is 1. The highest BCUT2D eigenvalue weighted by Crippen LogP contribution is 2.67. The molecule has 3 fully saturated rings. The molecule has 1 aromatic carbocycles. The average molecular weight is 547 g/mol. The van der Waals surface area contributed by atoms with Crippen LogP contribution in [0.1, 0.15) is 124 Å². The predicted molar refractivity (Wildman–Crippen MR) is 167 cm³/mol. The van der Waals surface area contributed by atoms with Crippen LogP contribution in [0.15, 0.2) is 42.0 Å². The SMILES string of the molecule is CCC[C@@H](CC[C@@H](C)[C@H]1CC[C@H]2[C@@H]3CC=C4C[C@@H](OC(=O)Cc5ccccc5)CC[C@]4(C)[C@H]3CC[C@]12C)C(C)C. The third-order valence-corrected chi connectivity index (χ3v) is 12.9. The Balaban J connectivity index is 1.21. The first kappa shape index (κ1) is 29.9. The van der Waals surface area contributed by atoms with E-state index in [-0.39, 0.29) is 12.1 Å². The maximum Gasteiger partial charge on any atom is 0.310 e. The molecule has 1 aromatic rings. The smallest absolute Gasteiger partial charge is 0.310 e. The number of hydrogen-bond donors (Lipinski definition) is 0. The Bertz CT molecular complexity index is 1030. The van der Waals surface area contributed by atoms with Gasteiger partial charge in [-0.2, -0.15) is 0 Å². The van der Waals surface area contributed by atoms with E-state index in [1.165, 1.54) is 64.2 Å². The van der Waals surface area contributed by atoms with Gasteiger partial charge in [0.1, 0.15) is 6.10 Å². The Kier molecular flexibility index (Phi) is 9.23. The molecule has 0 bridgehead atoms. The van der Waals surface area contributed by atoms with Crippen LogP contribution in [-0.2, 0) is 16.0 Å². The van der Waals surface area contributed by atoms with E-state index in [9.17, 15) is 4.79 Å². The molecule has 3 saturated carbocycles. The minimum absolute atomic E-state index is 0.0556. The molecule has 0 radical (unpaired) electrons. The van der Waals surface area contributed by atoms with Crippen molar-refractivity contribution in [3.63, 3.8) is 0 Å². The van der Waals surface area contributed by atoms with Crippen molar-refractivity contribution < 1.29 is 9.53 Å². The Morgan fingerprint density at radius 3 is 2.45 bits per heavy atom. The van der Waals surface area contributed by atoms with E-state index in [0.29, 0.717) is 17.3 Å². The zero-order chi connectivity index (χ0) is 28.5. The van der Waals surface area contributed by atoms with E-state index >= 15 is 0 Å². The number of carbonyl (C=O) groups is 1. The number of fused-ring (bicyclic) bond motifs is 5. The highest BCUT2D eigenvalue weighted by Gasteiger charge is 2.59. The lowest BCUT2D eigenvalue weighted by Gasteiger charge is -2.58. The number of benzene rings is 1. The molecule has 2 heteroatoms. The highest BCUT2D eigenvalue weighted by molar-refractivity contribution is 5.72. The van der Waals surface area contributed by atoms with E-state index in [0.717, 1.165) is 59.8 Å². The fraction of sp³-hybridized carbons (Fsp3) is 0.763. The molecular formula is C38H58O2. The first-order valence-corrected chi connectivity index (χ1v) is 17.1. The maximum absolute atomic E-state index is 12.7. The van der Waals surface area contributed by atoms with Gasteiger partial charge in [0.15, 0.2) is 0 Å². The van der Waals surface area contributed by atoms with Crippen LogP contribution in [0.25, 0.3) is 0 Å². The number of rotatable bonds is 10. The van der Waals surface area contributed by atoms with Crippen LogP contribution in [0.4, 0.5) is 0 Å². The summed E-state index contributed by atoms with van der Waals surface area (Å²) in [7, 11) is 0. The summed E-state index contributed by atoms with van der Waals surface area (Å²) in [4.78, 5) is 12.7. The van der Waals surface area contributed by atoms with Gasteiger partial charge >= 0.3 is 5.97 Å². The van der Waals surface area contributed by atoms with Crippen molar-refractivity contribution in [1.82, 2.24) is 0 Å². The third kappa shape index (κ3) is 5.85. The van der Waals surface area contributed by atoms with Crippen LogP contribution in [0.3, 0.4) is 0 Å². The van der Waals surface area contributed by atoms with E-state index in [1.54, 1.807) is 5.57 Å². The van der Waals surface area contributed by atoms with Gasteiger partial charge in [-0.05, 0) is 109 Å². The maximum atomic E-state index is 12.7. The van der Waals surface area contributed by atoms with Crippen LogP contribution in [0.5, 0.6) is 0 Å². The standard InChI is InChI=1S/C38H58O2/c1-7-11-29(26(2)3)15-14-27(4)33-18-19-34-32-17-16-30-25-31(40-36(39)24-28-12-9-8-10-13-28)20-22-37(30,5)35(32)21-23-38(33,34)6/h8-10,12-13,16,26-27,29,31-35H,7,11,14-15,17-25H2,1-6H3/t27-,29+,31+,32+,33-,34+,35+,37+,38-/m1/s1. The molecule has 0 aromatic heterocycles. The molecular weight excluding hydrogens is 488 g/mol. The van der Waals surface area contributed by atoms with E-state index in [1.807, 2.05) is 30.3 Å². The highest BCUT2D eigenvalue weighted by atomic mass is 16.5. The van der Waals surface area contributed by atoms with Gasteiger partial charge in [0.05, 0.1) is 6.42 Å². The first-order chi connectivity index (χ1) is 19.2. The van der Waals surface area contributed by atoms with Crippen LogP contribution >= 0.6 is 0 Å². The monoisotopic (exact) mass is 546 g/mol. The van der Waals surface area contributed by atoms with Crippen LogP contribution in [-0.4, -0.2) is 12.1 Å². The Labute approximate surface area is 246 Å². The molecule has 9 atom stereocenters. The second-order valence-electron chi connectivity index (χ2n) is 15.4. The summed E-state index contributed by atoms with van der Waals surface area (Å²) in [5, 5.41) is 0. The Morgan fingerprint density at radius 2 is 1.73 bits per heavy atom. The molecule has 0 spiro atoms. The second kappa shape index (κ2) is 12.3. The summed E-state index contributed by atoms with van der Waals surface area (Å²) in [5.41, 5.74) is 3.49. The minimum atomic E-state index is -0.0666. The Morgan fingerprint density at radius 1 is 0.950 bits per heavy atom. The van der Waals surface area contributed by atoms with Crippen molar-refractivity contribution in [2.45, 2.75) is 131 Å². The number of allylic oxidation sites excluding steroid dienone is 1. The van der Waals surface area contributed by atoms with Crippen molar-refractivity contribution >= 4 is 5.97 Å². The molecule has 2 nitrogen and oxygen atoms in total. The van der Waals surface area contributed by atoms with Crippen molar-refractivity contribution in [2.75, 3.05) is 0 Å². The molecule has 0 heterocycles. The van der Waals surface area contributed by atoms with Crippen molar-refractivity contribution in [2.24, 2.45) is 52.3 Å². The van der Waals surface area contributed by atoms with Crippen LogP contribution in [0.2, 0.25) is 0 Å². The van der Waals surface area contributed by atoms with Gasteiger partial charge in [-0.3, -0.25) is 4.79 Å². The third-order valence-electron chi connectivity index (χ3n) is 12.9. The van der Waals surface area contributed by atoms with Crippen molar-refractivity contribution in [1.29, 1.82) is 0 Å². The fourth-order valence-electron chi connectivity index (χ4n) is 10.6. The van der Waals surface area contributed by atoms with Gasteiger partial charge in [-0.25, -0.2) is 0 Å². The van der Waals surface area contributed by atoms with Gasteiger partial charge < -0.3 is 4.74 Å². The molecule has 5 rings (SSSR count). The number of ether oxygens (including phenoxy) is 1. The quantitative estimate of drug-likeness (QED) is 0.215. The zero-order valence-electron chi connectivity index (χ0n) is 26.6. The van der Waals surface area contributed by atoms with Gasteiger partial charge in [0.25, 0.3) is 0 Å². The molecule has 4 aliphatic carbocycles. The number of hydrogen-bond acceptors (Lipinski definition) is 2. The van der Waals surface area contributed by atoms with Crippen molar-refractivity contribution in [3.05, 3.63) is 47.5 Å². The van der Waals surface area contributed by atoms with Gasteiger partial charge in [0, 0.05) is 6.42 Å². The molecule has 0 amide bonds. The summed E-state index contributed by atoms with van der Waals surface area (Å²) in [6.45, 7) is 15.1. The molecule has 0 saturated heterocycles. The summed E-state index contributed by atoms with van der Waals surface area (Å²) in [6.07, 6.45) is 18.8. The lowest BCUT2D eigenvalue weighted by atomic mass is 9.47. The summed E-state index contributed by atoms with van der Waals surface area (Å²) >= 11 is 0. The van der Waals surface area contributed by atoms with Crippen molar-refractivity contribution in [3.8, 4) is 0 Å². The van der Waals surface area contributed by atoms with Gasteiger partial charge in [-0.1, -0.05) is 103 Å². The van der Waals surface area contributed by atoms with Gasteiger partial charge in [-0.15, -0.1) is 0 Å². The molecule has 0 N–H and O–H groups in total. The zero-order valence-corrected chi connectivity index (χ0v) is 26.6. The second-order valence-corrected chi connectivity index (χ2v) is 15.4.